The van der Waals surface area contributed by atoms with Gasteiger partial charge in [0.1, 0.15) is 5.82 Å². The van der Waals surface area contributed by atoms with Crippen LogP contribution in [-0.4, -0.2) is 28.3 Å². The Morgan fingerprint density at radius 2 is 2.07 bits per heavy atom. The van der Waals surface area contributed by atoms with Gasteiger partial charge in [-0.2, -0.15) is 0 Å². The first-order chi connectivity index (χ1) is 14.4. The van der Waals surface area contributed by atoms with Gasteiger partial charge in [0.15, 0.2) is 0 Å². The quantitative estimate of drug-likeness (QED) is 0.568. The number of nitrogens with zero attached hydrogens (tertiary/aromatic N) is 1. The Kier molecular flexibility index (Phi) is 5.18. The Morgan fingerprint density at radius 1 is 1.23 bits per heavy atom. The first-order valence-corrected chi connectivity index (χ1v) is 9.64. The van der Waals surface area contributed by atoms with Gasteiger partial charge in [-0.15, -0.1) is 0 Å². The normalized spacial score (nSPS) is 14.0. The number of anilines is 1. The number of nitrogens with one attached hydrogen (secondary N) is 3. The number of hydrogen-bond acceptors (Lipinski definition) is 3. The number of carbonyl (C=O) groups is 2. The van der Waals surface area contributed by atoms with Crippen molar-refractivity contribution in [2.75, 3.05) is 11.9 Å². The SMILES string of the molecule is Cc1[nH]c(/C=C2\C(=O)Nc3ccc(F)cc32)c(C)c1C(=O)NCCc1ccccn1. The summed E-state index contributed by atoms with van der Waals surface area (Å²) in [7, 11) is 0. The van der Waals surface area contributed by atoms with Crippen LogP contribution in [0.15, 0.2) is 42.6 Å². The molecule has 152 valence electrons. The minimum absolute atomic E-state index is 0.191. The fourth-order valence-electron chi connectivity index (χ4n) is 3.65. The van der Waals surface area contributed by atoms with Crippen molar-refractivity contribution < 1.29 is 14.0 Å². The van der Waals surface area contributed by atoms with Crippen LogP contribution in [0.4, 0.5) is 10.1 Å². The molecule has 0 radical (unpaired) electrons. The zero-order valence-electron chi connectivity index (χ0n) is 16.7. The first kappa shape index (κ1) is 19.6. The zero-order chi connectivity index (χ0) is 21.3. The van der Waals surface area contributed by atoms with E-state index in [2.05, 4.69) is 20.6 Å². The summed E-state index contributed by atoms with van der Waals surface area (Å²) in [5.41, 5.74) is 4.96. The molecule has 4 rings (SSSR count). The van der Waals surface area contributed by atoms with Crippen LogP contribution in [0.1, 0.15) is 38.6 Å². The predicted octanol–water partition coefficient (Wildman–Crippen LogP) is 3.63. The number of halogens is 1. The summed E-state index contributed by atoms with van der Waals surface area (Å²) in [4.78, 5) is 32.5. The molecular formula is C23H21FN4O2. The molecule has 1 aliphatic heterocycles. The van der Waals surface area contributed by atoms with Crippen LogP contribution in [0.2, 0.25) is 0 Å². The molecule has 3 heterocycles. The molecular weight excluding hydrogens is 383 g/mol. The number of aromatic amines is 1. The number of benzene rings is 1. The van der Waals surface area contributed by atoms with E-state index in [1.54, 1.807) is 12.3 Å². The highest BCUT2D eigenvalue weighted by molar-refractivity contribution is 6.34. The average molecular weight is 404 g/mol. The Bertz CT molecular complexity index is 1170. The summed E-state index contributed by atoms with van der Waals surface area (Å²) in [5, 5.41) is 5.65. The highest BCUT2D eigenvalue weighted by Crippen LogP contribution is 2.34. The molecule has 0 saturated carbocycles. The number of amides is 2. The van der Waals surface area contributed by atoms with Gasteiger partial charge in [0.25, 0.3) is 11.8 Å². The molecule has 30 heavy (non-hydrogen) atoms. The van der Waals surface area contributed by atoms with Gasteiger partial charge in [0, 0.05) is 47.5 Å². The highest BCUT2D eigenvalue weighted by atomic mass is 19.1. The van der Waals surface area contributed by atoms with Crippen LogP contribution < -0.4 is 10.6 Å². The topological polar surface area (TPSA) is 86.9 Å². The van der Waals surface area contributed by atoms with Crippen LogP contribution in [-0.2, 0) is 11.2 Å². The van der Waals surface area contributed by atoms with Gasteiger partial charge in [-0.25, -0.2) is 4.39 Å². The van der Waals surface area contributed by atoms with E-state index in [4.69, 9.17) is 0 Å². The third-order valence-corrected chi connectivity index (χ3v) is 5.15. The lowest BCUT2D eigenvalue weighted by atomic mass is 10.0. The van der Waals surface area contributed by atoms with Gasteiger partial charge in [-0.1, -0.05) is 6.07 Å². The van der Waals surface area contributed by atoms with Crippen molar-refractivity contribution in [1.82, 2.24) is 15.3 Å². The fourth-order valence-corrected chi connectivity index (χ4v) is 3.65. The number of aryl methyl sites for hydroxylation is 1. The molecule has 6 nitrogen and oxygen atoms in total. The van der Waals surface area contributed by atoms with E-state index >= 15 is 0 Å². The first-order valence-electron chi connectivity index (χ1n) is 9.64. The zero-order valence-corrected chi connectivity index (χ0v) is 16.7. The third kappa shape index (κ3) is 3.74. The number of hydrogen-bond donors (Lipinski definition) is 3. The second kappa shape index (κ2) is 7.94. The summed E-state index contributed by atoms with van der Waals surface area (Å²) < 4.78 is 13.7. The standard InChI is InChI=1S/C23H21FN4O2/c1-13-20(12-18-17-11-15(24)6-7-19(17)28-22(18)29)27-14(2)21(13)23(30)26-10-8-16-5-3-4-9-25-16/h3-7,9,11-12,27H,8,10H2,1-2H3,(H,26,30)(H,28,29)/b18-12-. The van der Waals surface area contributed by atoms with Crippen LogP contribution >= 0.6 is 0 Å². The summed E-state index contributed by atoms with van der Waals surface area (Å²) >= 11 is 0. The molecule has 0 atom stereocenters. The average Bonchev–Trinajstić information content (AvgIpc) is 3.18. The second-order valence-electron chi connectivity index (χ2n) is 7.19. The molecule has 3 aromatic rings. The van der Waals surface area contributed by atoms with Gasteiger partial charge in [0.05, 0.1) is 11.1 Å². The van der Waals surface area contributed by atoms with Gasteiger partial charge in [-0.3, -0.25) is 14.6 Å². The molecule has 1 aromatic carbocycles. The molecule has 2 amide bonds. The number of pyridine rings is 1. The van der Waals surface area contributed by atoms with Gasteiger partial charge < -0.3 is 15.6 Å². The minimum atomic E-state index is -0.413. The molecule has 7 heteroatoms. The smallest absolute Gasteiger partial charge is 0.256 e. The fraction of sp³-hybridized carbons (Fsp3) is 0.174. The van der Waals surface area contributed by atoms with Gasteiger partial charge in [-0.05, 0) is 55.8 Å². The molecule has 0 aliphatic carbocycles. The van der Waals surface area contributed by atoms with Gasteiger partial charge in [0.2, 0.25) is 0 Å². The number of carbonyl (C=O) groups excluding carboxylic acids is 2. The van der Waals surface area contributed by atoms with Crippen molar-refractivity contribution in [3.05, 3.63) is 82.2 Å². The third-order valence-electron chi connectivity index (χ3n) is 5.15. The maximum absolute atomic E-state index is 13.7. The van der Waals surface area contributed by atoms with E-state index in [9.17, 15) is 14.0 Å². The molecule has 1 aliphatic rings. The van der Waals surface area contributed by atoms with E-state index in [0.29, 0.717) is 46.7 Å². The van der Waals surface area contributed by atoms with E-state index < -0.39 is 5.82 Å². The van der Waals surface area contributed by atoms with Crippen molar-refractivity contribution in [1.29, 1.82) is 0 Å². The lowest BCUT2D eigenvalue weighted by molar-refractivity contribution is -0.110. The van der Waals surface area contributed by atoms with Gasteiger partial charge >= 0.3 is 0 Å². The molecule has 0 spiro atoms. The lowest BCUT2D eigenvalue weighted by Crippen LogP contribution is -2.26. The molecule has 0 fully saturated rings. The molecule has 0 unspecified atom stereocenters. The monoisotopic (exact) mass is 404 g/mol. The summed E-state index contributed by atoms with van der Waals surface area (Å²) in [6.07, 6.45) is 4.02. The second-order valence-corrected chi connectivity index (χ2v) is 7.19. The maximum Gasteiger partial charge on any atom is 0.256 e. The van der Waals surface area contributed by atoms with Crippen molar-refractivity contribution in [3.8, 4) is 0 Å². The Labute approximate surface area is 173 Å². The van der Waals surface area contributed by atoms with E-state index in [1.165, 1.54) is 18.2 Å². The molecule has 3 N–H and O–H groups in total. The van der Waals surface area contributed by atoms with E-state index in [0.717, 1.165) is 11.3 Å². The van der Waals surface area contributed by atoms with Crippen LogP contribution in [0.3, 0.4) is 0 Å². The minimum Gasteiger partial charge on any atom is -0.358 e. The number of fused-ring (bicyclic) bond motifs is 1. The Balaban J connectivity index is 1.55. The molecule has 2 aromatic heterocycles. The van der Waals surface area contributed by atoms with Crippen molar-refractivity contribution >= 4 is 29.2 Å². The van der Waals surface area contributed by atoms with Crippen molar-refractivity contribution in [2.45, 2.75) is 20.3 Å². The van der Waals surface area contributed by atoms with Crippen molar-refractivity contribution in [2.24, 2.45) is 0 Å². The lowest BCUT2D eigenvalue weighted by Gasteiger charge is -2.06. The largest absolute Gasteiger partial charge is 0.358 e. The number of aromatic nitrogens is 2. The van der Waals surface area contributed by atoms with Crippen LogP contribution in [0, 0.1) is 19.7 Å². The van der Waals surface area contributed by atoms with E-state index in [1.807, 2.05) is 32.0 Å². The molecule has 0 saturated heterocycles. The Hall–Kier alpha value is -3.74. The maximum atomic E-state index is 13.7. The predicted molar refractivity (Wildman–Crippen MR) is 113 cm³/mol. The summed E-state index contributed by atoms with van der Waals surface area (Å²) in [5.74, 6) is -0.906. The highest BCUT2D eigenvalue weighted by Gasteiger charge is 2.26. The van der Waals surface area contributed by atoms with Crippen LogP contribution in [0.5, 0.6) is 0 Å². The summed E-state index contributed by atoms with van der Waals surface area (Å²) in [6, 6.07) is 9.85. The van der Waals surface area contributed by atoms with Crippen molar-refractivity contribution in [3.63, 3.8) is 0 Å². The Morgan fingerprint density at radius 3 is 2.83 bits per heavy atom. The number of rotatable bonds is 5. The number of H-pyrrole nitrogens is 1. The molecule has 0 bridgehead atoms. The van der Waals surface area contributed by atoms with E-state index in [-0.39, 0.29) is 11.8 Å². The summed E-state index contributed by atoms with van der Waals surface area (Å²) in [6.45, 7) is 4.10. The van der Waals surface area contributed by atoms with Crippen LogP contribution in [0.25, 0.3) is 11.6 Å².